The lowest BCUT2D eigenvalue weighted by atomic mass is 9.98. The van der Waals surface area contributed by atoms with E-state index in [4.69, 9.17) is 5.73 Å². The lowest BCUT2D eigenvalue weighted by Crippen LogP contribution is -2.58. The molecule has 9 nitrogen and oxygen atoms in total. The molecule has 10 heteroatoms. The molecule has 1 aliphatic rings. The van der Waals surface area contributed by atoms with Crippen molar-refractivity contribution in [3.8, 4) is 0 Å². The lowest BCUT2D eigenvalue weighted by molar-refractivity contribution is -0.146. The fourth-order valence-electron chi connectivity index (χ4n) is 3.71. The molecule has 0 aliphatic carbocycles. The number of carboxylic acid groups (broad SMARTS) is 1. The number of thioether (sulfide) groups is 1. The van der Waals surface area contributed by atoms with Gasteiger partial charge in [0.15, 0.2) is 0 Å². The van der Waals surface area contributed by atoms with Crippen LogP contribution in [0.15, 0.2) is 0 Å². The first-order valence-corrected chi connectivity index (χ1v) is 12.9. The number of carbonyl (C=O) groups is 4. The van der Waals surface area contributed by atoms with Gasteiger partial charge in [0.2, 0.25) is 17.7 Å². The zero-order chi connectivity index (χ0) is 24.4. The Labute approximate surface area is 195 Å². The zero-order valence-electron chi connectivity index (χ0n) is 19.9. The van der Waals surface area contributed by atoms with Crippen LogP contribution in [0.25, 0.3) is 0 Å². The van der Waals surface area contributed by atoms with E-state index in [1.807, 2.05) is 27.0 Å². The molecule has 1 heterocycles. The molecule has 0 bridgehead atoms. The highest BCUT2D eigenvalue weighted by atomic mass is 32.2. The molecule has 5 N–H and O–H groups in total. The summed E-state index contributed by atoms with van der Waals surface area (Å²) >= 11 is 1.56. The Bertz CT molecular complexity index is 662. The third-order valence-corrected chi connectivity index (χ3v) is 7.04. The van der Waals surface area contributed by atoms with Crippen molar-refractivity contribution in [3.05, 3.63) is 0 Å². The number of hydrogen-bond donors (Lipinski definition) is 4. The van der Waals surface area contributed by atoms with Crippen LogP contribution in [0.5, 0.6) is 0 Å². The number of amides is 3. The topological polar surface area (TPSA) is 142 Å². The molecule has 0 aromatic carbocycles. The summed E-state index contributed by atoms with van der Waals surface area (Å²) in [5, 5.41) is 14.9. The van der Waals surface area contributed by atoms with Gasteiger partial charge < -0.3 is 26.4 Å². The number of carboxylic acids is 1. The summed E-state index contributed by atoms with van der Waals surface area (Å²) in [6.45, 7) is 7.86. The SMILES string of the molecule is CCC(C)C(N)C(=O)NC(CCSC)C(=O)N1CCCC1C(=O)NC(C(=O)O)C(C)CC. The van der Waals surface area contributed by atoms with Gasteiger partial charge in [-0.1, -0.05) is 40.5 Å². The van der Waals surface area contributed by atoms with E-state index in [2.05, 4.69) is 10.6 Å². The fourth-order valence-corrected chi connectivity index (χ4v) is 4.18. The third-order valence-electron chi connectivity index (χ3n) is 6.40. The molecule has 6 atom stereocenters. The molecule has 0 aromatic heterocycles. The minimum Gasteiger partial charge on any atom is -0.480 e. The average molecular weight is 473 g/mol. The van der Waals surface area contributed by atoms with Gasteiger partial charge in [-0.05, 0) is 43.1 Å². The van der Waals surface area contributed by atoms with Crippen LogP contribution in [0, 0.1) is 11.8 Å². The second-order valence-corrected chi connectivity index (χ2v) is 9.64. The van der Waals surface area contributed by atoms with Crippen molar-refractivity contribution in [1.29, 1.82) is 0 Å². The van der Waals surface area contributed by atoms with Crippen LogP contribution >= 0.6 is 11.8 Å². The number of aliphatic carboxylic acids is 1. The summed E-state index contributed by atoms with van der Waals surface area (Å²) in [5.41, 5.74) is 6.04. The minimum absolute atomic E-state index is 0.0230. The van der Waals surface area contributed by atoms with Crippen LogP contribution in [0.4, 0.5) is 0 Å². The molecule has 1 aliphatic heterocycles. The molecule has 184 valence electrons. The largest absolute Gasteiger partial charge is 0.480 e. The highest BCUT2D eigenvalue weighted by Crippen LogP contribution is 2.21. The standard InChI is InChI=1S/C22H40N4O5S/c1-6-13(3)17(23)20(28)24-15(10-12-32-5)21(29)26-11-8-9-16(26)19(27)25-18(22(30)31)14(4)7-2/h13-18H,6-12,23H2,1-5H3,(H,24,28)(H,25,27)(H,30,31). The highest BCUT2D eigenvalue weighted by molar-refractivity contribution is 7.98. The van der Waals surface area contributed by atoms with Gasteiger partial charge in [0, 0.05) is 6.54 Å². The first-order valence-electron chi connectivity index (χ1n) is 11.5. The van der Waals surface area contributed by atoms with Crippen molar-refractivity contribution >= 4 is 35.5 Å². The molecule has 1 saturated heterocycles. The Morgan fingerprint density at radius 1 is 1.12 bits per heavy atom. The summed E-state index contributed by atoms with van der Waals surface area (Å²) in [6, 6.07) is -3.24. The van der Waals surface area contributed by atoms with Gasteiger partial charge in [-0.3, -0.25) is 14.4 Å². The van der Waals surface area contributed by atoms with E-state index >= 15 is 0 Å². The fraction of sp³-hybridized carbons (Fsp3) is 0.818. The van der Waals surface area contributed by atoms with E-state index in [9.17, 15) is 24.3 Å². The number of nitrogens with zero attached hydrogens (tertiary/aromatic N) is 1. The molecular formula is C22H40N4O5S. The van der Waals surface area contributed by atoms with E-state index in [-0.39, 0.29) is 23.7 Å². The van der Waals surface area contributed by atoms with Crippen LogP contribution < -0.4 is 16.4 Å². The van der Waals surface area contributed by atoms with Gasteiger partial charge in [-0.25, -0.2) is 4.79 Å². The van der Waals surface area contributed by atoms with Crippen molar-refractivity contribution in [2.24, 2.45) is 17.6 Å². The predicted octanol–water partition coefficient (Wildman–Crippen LogP) is 1.20. The highest BCUT2D eigenvalue weighted by Gasteiger charge is 2.39. The van der Waals surface area contributed by atoms with Crippen molar-refractivity contribution in [3.63, 3.8) is 0 Å². The van der Waals surface area contributed by atoms with E-state index in [1.54, 1.807) is 18.7 Å². The summed E-state index contributed by atoms with van der Waals surface area (Å²) in [7, 11) is 0. The molecule has 32 heavy (non-hydrogen) atoms. The van der Waals surface area contributed by atoms with Gasteiger partial charge in [0.1, 0.15) is 18.1 Å². The van der Waals surface area contributed by atoms with Crippen LogP contribution in [0.1, 0.15) is 59.8 Å². The smallest absolute Gasteiger partial charge is 0.326 e. The van der Waals surface area contributed by atoms with E-state index in [0.29, 0.717) is 38.0 Å². The maximum atomic E-state index is 13.3. The van der Waals surface area contributed by atoms with E-state index < -0.39 is 36.0 Å². The summed E-state index contributed by atoms with van der Waals surface area (Å²) < 4.78 is 0. The lowest BCUT2D eigenvalue weighted by Gasteiger charge is -2.31. The van der Waals surface area contributed by atoms with Gasteiger partial charge >= 0.3 is 5.97 Å². The summed E-state index contributed by atoms with van der Waals surface area (Å²) in [5.74, 6) is -1.85. The van der Waals surface area contributed by atoms with Crippen molar-refractivity contribution in [2.45, 2.75) is 84.0 Å². The maximum Gasteiger partial charge on any atom is 0.326 e. The van der Waals surface area contributed by atoms with E-state index in [0.717, 1.165) is 6.42 Å². The number of likely N-dealkylation sites (tertiary alicyclic amines) is 1. The quantitative estimate of drug-likeness (QED) is 0.315. The first-order chi connectivity index (χ1) is 15.1. The van der Waals surface area contributed by atoms with Crippen molar-refractivity contribution in [1.82, 2.24) is 15.5 Å². The number of carbonyl (C=O) groups excluding carboxylic acids is 3. The van der Waals surface area contributed by atoms with Crippen LogP contribution in [-0.2, 0) is 19.2 Å². The van der Waals surface area contributed by atoms with Gasteiger partial charge in [0.05, 0.1) is 6.04 Å². The Hall–Kier alpha value is -1.81. The molecule has 6 unspecified atom stereocenters. The van der Waals surface area contributed by atoms with E-state index in [1.165, 1.54) is 4.90 Å². The Balaban J connectivity index is 2.96. The number of hydrogen-bond acceptors (Lipinski definition) is 6. The van der Waals surface area contributed by atoms with Gasteiger partial charge in [0.25, 0.3) is 0 Å². The normalized spacial score (nSPS) is 20.7. The molecule has 0 spiro atoms. The number of nitrogens with one attached hydrogen (secondary N) is 2. The molecular weight excluding hydrogens is 432 g/mol. The van der Waals surface area contributed by atoms with Crippen LogP contribution in [-0.4, -0.2) is 76.4 Å². The predicted molar refractivity (Wildman–Crippen MR) is 126 cm³/mol. The van der Waals surface area contributed by atoms with Crippen molar-refractivity contribution in [2.75, 3.05) is 18.6 Å². The summed E-state index contributed by atoms with van der Waals surface area (Å²) in [4.78, 5) is 51.9. The molecule has 0 saturated carbocycles. The maximum absolute atomic E-state index is 13.3. The Kier molecular flexibility index (Phi) is 12.1. The Morgan fingerprint density at radius 3 is 2.28 bits per heavy atom. The second kappa shape index (κ2) is 13.7. The monoisotopic (exact) mass is 472 g/mol. The zero-order valence-corrected chi connectivity index (χ0v) is 20.7. The number of rotatable bonds is 13. The third kappa shape index (κ3) is 7.65. The molecule has 0 aromatic rings. The second-order valence-electron chi connectivity index (χ2n) is 8.65. The average Bonchev–Trinajstić information content (AvgIpc) is 3.27. The molecule has 0 radical (unpaired) electrons. The van der Waals surface area contributed by atoms with Crippen molar-refractivity contribution < 1.29 is 24.3 Å². The molecule has 3 amide bonds. The molecule has 1 fully saturated rings. The van der Waals surface area contributed by atoms with Gasteiger partial charge in [-0.2, -0.15) is 11.8 Å². The minimum atomic E-state index is -1.09. The van der Waals surface area contributed by atoms with Crippen LogP contribution in [0.2, 0.25) is 0 Å². The Morgan fingerprint density at radius 2 is 1.75 bits per heavy atom. The summed E-state index contributed by atoms with van der Waals surface area (Å²) in [6.07, 6.45) is 4.79. The number of nitrogens with two attached hydrogens (primary N) is 1. The van der Waals surface area contributed by atoms with Crippen LogP contribution in [0.3, 0.4) is 0 Å². The first kappa shape index (κ1) is 28.2. The molecule has 1 rings (SSSR count). The van der Waals surface area contributed by atoms with Gasteiger partial charge in [-0.15, -0.1) is 0 Å².